The first-order valence-electron chi connectivity index (χ1n) is 8.05. The second-order valence-corrected chi connectivity index (χ2v) is 6.13. The zero-order valence-corrected chi connectivity index (χ0v) is 14.1. The molecule has 3 rings (SSSR count). The average molecular weight is 345 g/mol. The number of halogens is 1. The Morgan fingerprint density at radius 1 is 1.36 bits per heavy atom. The van der Waals surface area contributed by atoms with E-state index < -0.39 is 17.9 Å². The molecule has 0 unspecified atom stereocenters. The van der Waals surface area contributed by atoms with Crippen LogP contribution in [0.3, 0.4) is 0 Å². The van der Waals surface area contributed by atoms with Crippen LogP contribution < -0.4 is 5.32 Å². The molecule has 8 heteroatoms. The van der Waals surface area contributed by atoms with Gasteiger partial charge in [0.1, 0.15) is 11.9 Å². The molecular weight excluding hydrogens is 325 g/mol. The second kappa shape index (κ2) is 6.92. The number of likely N-dealkylation sites (tertiary alicyclic amines) is 1. The number of anilines is 1. The molecule has 1 atom stereocenters. The van der Waals surface area contributed by atoms with E-state index in [-0.39, 0.29) is 5.91 Å². The van der Waals surface area contributed by atoms with E-state index in [1.165, 1.54) is 21.9 Å². The Kier molecular flexibility index (Phi) is 4.69. The summed E-state index contributed by atoms with van der Waals surface area (Å²) in [5.41, 5.74) is 0.853. The van der Waals surface area contributed by atoms with Gasteiger partial charge in [-0.15, -0.1) is 0 Å². The molecule has 1 aromatic carbocycles. The number of aromatic nitrogens is 2. The third-order valence-electron chi connectivity index (χ3n) is 4.19. The van der Waals surface area contributed by atoms with Gasteiger partial charge in [0.25, 0.3) is 0 Å². The molecule has 0 spiro atoms. The van der Waals surface area contributed by atoms with E-state index in [1.807, 2.05) is 0 Å². The van der Waals surface area contributed by atoms with Gasteiger partial charge in [-0.25, -0.2) is 13.9 Å². The van der Waals surface area contributed by atoms with Gasteiger partial charge in [0.05, 0.1) is 11.4 Å². The Morgan fingerprint density at radius 3 is 2.84 bits per heavy atom. The van der Waals surface area contributed by atoms with Crippen molar-refractivity contribution in [2.24, 2.45) is 0 Å². The molecule has 2 aromatic rings. The smallest absolute Gasteiger partial charge is 0.322 e. The summed E-state index contributed by atoms with van der Waals surface area (Å²) in [5, 5.41) is 6.84. The molecule has 0 aliphatic carbocycles. The molecule has 1 N–H and O–H groups in total. The molecule has 132 valence electrons. The molecule has 25 heavy (non-hydrogen) atoms. The summed E-state index contributed by atoms with van der Waals surface area (Å²) in [5.74, 6) is -0.576. The summed E-state index contributed by atoms with van der Waals surface area (Å²) in [6.45, 7) is 0.489. The predicted octanol–water partition coefficient (Wildman–Crippen LogP) is 2.10. The summed E-state index contributed by atoms with van der Waals surface area (Å²) >= 11 is 0. The first-order valence-corrected chi connectivity index (χ1v) is 8.05. The van der Waals surface area contributed by atoms with E-state index in [4.69, 9.17) is 0 Å². The maximum Gasteiger partial charge on any atom is 0.322 e. The molecule has 2 heterocycles. The molecule has 1 aliphatic rings. The number of carbonyl (C=O) groups is 2. The number of rotatable bonds is 3. The van der Waals surface area contributed by atoms with Gasteiger partial charge >= 0.3 is 6.03 Å². The summed E-state index contributed by atoms with van der Waals surface area (Å²) in [4.78, 5) is 27.9. The van der Waals surface area contributed by atoms with Crippen molar-refractivity contribution in [1.82, 2.24) is 19.6 Å². The lowest BCUT2D eigenvalue weighted by Crippen LogP contribution is -2.47. The van der Waals surface area contributed by atoms with E-state index in [9.17, 15) is 14.0 Å². The van der Waals surface area contributed by atoms with E-state index in [0.29, 0.717) is 24.3 Å². The van der Waals surface area contributed by atoms with Crippen molar-refractivity contribution >= 4 is 17.6 Å². The molecule has 0 saturated carbocycles. The van der Waals surface area contributed by atoms with Crippen molar-refractivity contribution < 1.29 is 14.0 Å². The van der Waals surface area contributed by atoms with Crippen LogP contribution >= 0.6 is 0 Å². The minimum Gasteiger partial charge on any atom is -0.347 e. The largest absolute Gasteiger partial charge is 0.347 e. The highest BCUT2D eigenvalue weighted by Gasteiger charge is 2.35. The molecule has 1 saturated heterocycles. The lowest BCUT2D eigenvalue weighted by Gasteiger charge is -2.26. The molecule has 0 radical (unpaired) electrons. The molecule has 7 nitrogen and oxygen atoms in total. The Bertz CT molecular complexity index is 775. The molecule has 3 amide bonds. The molecular formula is C17H20FN5O2. The minimum atomic E-state index is -0.489. The zero-order chi connectivity index (χ0) is 18.0. The van der Waals surface area contributed by atoms with E-state index in [2.05, 4.69) is 10.4 Å². The van der Waals surface area contributed by atoms with Gasteiger partial charge < -0.3 is 15.1 Å². The fourth-order valence-corrected chi connectivity index (χ4v) is 2.97. The van der Waals surface area contributed by atoms with Gasteiger partial charge in [0.2, 0.25) is 5.91 Å². The average Bonchev–Trinajstić information content (AvgIpc) is 3.25. The Balaban J connectivity index is 1.84. The van der Waals surface area contributed by atoms with Crippen molar-refractivity contribution in [1.29, 1.82) is 0 Å². The number of nitrogens with one attached hydrogen (secondary N) is 1. The number of nitrogens with zero attached hydrogens (tertiary/aromatic N) is 4. The topological polar surface area (TPSA) is 70.5 Å². The lowest BCUT2D eigenvalue weighted by molar-refractivity contribution is -0.132. The van der Waals surface area contributed by atoms with Crippen LogP contribution in [0.25, 0.3) is 5.69 Å². The number of benzene rings is 1. The quantitative estimate of drug-likeness (QED) is 0.926. The van der Waals surface area contributed by atoms with Gasteiger partial charge in [-0.1, -0.05) is 0 Å². The first-order chi connectivity index (χ1) is 12.0. The van der Waals surface area contributed by atoms with Crippen LogP contribution in [0.4, 0.5) is 14.9 Å². The van der Waals surface area contributed by atoms with E-state index in [1.54, 1.807) is 43.3 Å². The highest BCUT2D eigenvalue weighted by Crippen LogP contribution is 2.24. The SMILES string of the molecule is CN(C)C(=O)[C@H]1CCCN1C(=O)Nc1cc(F)ccc1-n1cccn1. The van der Waals surface area contributed by atoms with Crippen LogP contribution in [0.1, 0.15) is 12.8 Å². The lowest BCUT2D eigenvalue weighted by atomic mass is 10.2. The number of hydrogen-bond acceptors (Lipinski definition) is 3. The number of urea groups is 1. The van der Waals surface area contributed by atoms with Gasteiger partial charge in [0, 0.05) is 33.0 Å². The Labute approximate surface area is 145 Å². The van der Waals surface area contributed by atoms with Gasteiger partial charge in [-0.3, -0.25) is 4.79 Å². The van der Waals surface area contributed by atoms with Crippen LogP contribution in [-0.2, 0) is 4.79 Å². The van der Waals surface area contributed by atoms with Crippen LogP contribution in [0.2, 0.25) is 0 Å². The molecule has 1 aliphatic heterocycles. The third kappa shape index (κ3) is 3.47. The van der Waals surface area contributed by atoms with Crippen LogP contribution in [0.15, 0.2) is 36.7 Å². The summed E-state index contributed by atoms with van der Waals surface area (Å²) in [6.07, 6.45) is 4.69. The van der Waals surface area contributed by atoms with Crippen molar-refractivity contribution in [3.05, 3.63) is 42.5 Å². The molecule has 0 bridgehead atoms. The monoisotopic (exact) mass is 345 g/mol. The summed E-state index contributed by atoms with van der Waals surface area (Å²) in [6, 6.07) is 4.92. The third-order valence-corrected chi connectivity index (χ3v) is 4.19. The summed E-state index contributed by atoms with van der Waals surface area (Å²) in [7, 11) is 3.33. The van der Waals surface area contributed by atoms with Gasteiger partial charge in [0.15, 0.2) is 0 Å². The van der Waals surface area contributed by atoms with Crippen molar-refractivity contribution in [3.63, 3.8) is 0 Å². The summed E-state index contributed by atoms with van der Waals surface area (Å²) < 4.78 is 15.2. The Morgan fingerprint density at radius 2 is 2.16 bits per heavy atom. The van der Waals surface area contributed by atoms with Gasteiger partial charge in [-0.05, 0) is 37.1 Å². The second-order valence-electron chi connectivity index (χ2n) is 6.13. The maximum atomic E-state index is 13.7. The molecule has 1 fully saturated rings. The standard InChI is InChI=1S/C17H20FN5O2/c1-21(2)16(24)15-5-3-9-22(15)17(25)20-13-11-12(18)6-7-14(13)23-10-4-8-19-23/h4,6-8,10-11,15H,3,5,9H2,1-2H3,(H,20,25)/t15-/m1/s1. The number of likely N-dealkylation sites (N-methyl/N-ethyl adjacent to an activating group) is 1. The molecule has 1 aromatic heterocycles. The van der Waals surface area contributed by atoms with Crippen molar-refractivity contribution in [2.75, 3.05) is 26.0 Å². The maximum absolute atomic E-state index is 13.7. The van der Waals surface area contributed by atoms with Crippen LogP contribution in [-0.4, -0.2) is 58.2 Å². The minimum absolute atomic E-state index is 0.112. The van der Waals surface area contributed by atoms with E-state index >= 15 is 0 Å². The fraction of sp³-hybridized carbons (Fsp3) is 0.353. The number of hydrogen-bond donors (Lipinski definition) is 1. The highest BCUT2D eigenvalue weighted by molar-refractivity contribution is 5.95. The van der Waals surface area contributed by atoms with Crippen molar-refractivity contribution in [2.45, 2.75) is 18.9 Å². The van der Waals surface area contributed by atoms with Crippen molar-refractivity contribution in [3.8, 4) is 5.69 Å². The van der Waals surface area contributed by atoms with Gasteiger partial charge in [-0.2, -0.15) is 5.10 Å². The van der Waals surface area contributed by atoms with Crippen LogP contribution in [0, 0.1) is 5.82 Å². The van der Waals surface area contributed by atoms with E-state index in [0.717, 1.165) is 6.42 Å². The normalized spacial score (nSPS) is 16.8. The highest BCUT2D eigenvalue weighted by atomic mass is 19.1. The Hall–Kier alpha value is -2.90. The fourth-order valence-electron chi connectivity index (χ4n) is 2.97. The predicted molar refractivity (Wildman–Crippen MR) is 91.0 cm³/mol. The number of amides is 3. The number of carbonyl (C=O) groups excluding carboxylic acids is 2. The first kappa shape index (κ1) is 16.9. The van der Waals surface area contributed by atoms with Crippen LogP contribution in [0.5, 0.6) is 0 Å². The zero-order valence-electron chi connectivity index (χ0n) is 14.1.